The molecule has 17 heavy (non-hydrogen) atoms. The summed E-state index contributed by atoms with van der Waals surface area (Å²) in [4.78, 5) is 11.5. The minimum absolute atomic E-state index is 0.414. The molecule has 1 aliphatic rings. The number of rotatable bonds is 3. The molecule has 2 rings (SSSR count). The minimum atomic E-state index is -1.02. The van der Waals surface area contributed by atoms with Crippen molar-refractivity contribution in [1.29, 1.82) is 0 Å². The average Bonchev–Trinajstić information content (AvgIpc) is 2.71. The predicted octanol–water partition coefficient (Wildman–Crippen LogP) is 1.56. The maximum absolute atomic E-state index is 11.5. The summed E-state index contributed by atoms with van der Waals surface area (Å²) < 4.78 is 4.69. The van der Waals surface area contributed by atoms with Crippen molar-refractivity contribution in [1.82, 2.24) is 5.32 Å². The third-order valence-electron chi connectivity index (χ3n) is 2.82. The number of hydrogen-bond donors (Lipinski definition) is 1. The van der Waals surface area contributed by atoms with E-state index in [1.807, 2.05) is 24.3 Å². The van der Waals surface area contributed by atoms with Crippen LogP contribution < -0.4 is 11.1 Å². The third kappa shape index (κ3) is 2.17. The fourth-order valence-electron chi connectivity index (χ4n) is 1.92. The van der Waals surface area contributed by atoms with Crippen LogP contribution in [0.3, 0.4) is 0 Å². The first kappa shape index (κ1) is 11.7. The molecular weight excluding hydrogens is 216 g/mol. The van der Waals surface area contributed by atoms with Crippen LogP contribution in [0.4, 0.5) is 5.69 Å². The Bertz CT molecular complexity index is 478. The van der Waals surface area contributed by atoms with E-state index in [2.05, 4.69) is 5.32 Å². The predicted molar refractivity (Wildman–Crippen MR) is 65.4 cm³/mol. The van der Waals surface area contributed by atoms with Gasteiger partial charge in [-0.3, -0.25) is 10.1 Å². The molecule has 1 heterocycles. The van der Waals surface area contributed by atoms with E-state index in [0.29, 0.717) is 6.42 Å². The molecular formula is C13H15N2O2. The van der Waals surface area contributed by atoms with Crippen LogP contribution in [0.15, 0.2) is 30.5 Å². The van der Waals surface area contributed by atoms with Gasteiger partial charge < -0.3 is 10.5 Å². The molecule has 2 N–H and O–H groups in total. The Balaban J connectivity index is 2.20. The zero-order chi connectivity index (χ0) is 12.5. The zero-order valence-electron chi connectivity index (χ0n) is 9.93. The number of carbonyl (C=O) groups is 1. The fourth-order valence-corrected chi connectivity index (χ4v) is 1.92. The van der Waals surface area contributed by atoms with E-state index in [9.17, 15) is 4.79 Å². The van der Waals surface area contributed by atoms with E-state index >= 15 is 0 Å². The van der Waals surface area contributed by atoms with Gasteiger partial charge in [0.15, 0.2) is 0 Å². The highest BCUT2D eigenvalue weighted by molar-refractivity contribution is 5.86. The summed E-state index contributed by atoms with van der Waals surface area (Å²) in [6.07, 6.45) is 2.18. The van der Waals surface area contributed by atoms with Crippen molar-refractivity contribution in [2.45, 2.75) is 18.9 Å². The molecule has 4 nitrogen and oxygen atoms in total. The van der Waals surface area contributed by atoms with Crippen LogP contribution in [-0.4, -0.2) is 18.6 Å². The number of nitrogens with two attached hydrogens (primary N) is 1. The lowest BCUT2D eigenvalue weighted by Crippen LogP contribution is -2.45. The summed E-state index contributed by atoms with van der Waals surface area (Å²) in [5.41, 5.74) is 7.85. The second-order valence-corrected chi connectivity index (χ2v) is 4.39. The molecule has 0 saturated heterocycles. The van der Waals surface area contributed by atoms with E-state index in [4.69, 9.17) is 10.5 Å². The van der Waals surface area contributed by atoms with Crippen LogP contribution in [0.25, 0.3) is 5.57 Å². The van der Waals surface area contributed by atoms with Crippen LogP contribution in [-0.2, 0) is 9.53 Å². The molecule has 1 aromatic rings. The Morgan fingerprint density at radius 1 is 1.47 bits per heavy atom. The highest BCUT2D eigenvalue weighted by atomic mass is 16.5. The zero-order valence-corrected chi connectivity index (χ0v) is 9.93. The molecule has 0 aliphatic carbocycles. The van der Waals surface area contributed by atoms with Crippen LogP contribution in [0.5, 0.6) is 0 Å². The van der Waals surface area contributed by atoms with E-state index in [1.165, 1.54) is 7.11 Å². The van der Waals surface area contributed by atoms with Crippen LogP contribution in [0.1, 0.15) is 18.9 Å². The fraction of sp³-hybridized carbons (Fsp3) is 0.308. The Morgan fingerprint density at radius 2 is 2.18 bits per heavy atom. The Labute approximate surface area is 100 Å². The number of hydrogen-bond acceptors (Lipinski definition) is 3. The molecule has 0 bridgehead atoms. The molecule has 0 aromatic heterocycles. The second-order valence-electron chi connectivity index (χ2n) is 4.39. The number of carbonyl (C=O) groups excluding carboxylic acids is 1. The molecule has 0 fully saturated rings. The molecule has 4 heteroatoms. The van der Waals surface area contributed by atoms with Gasteiger partial charge in [0.25, 0.3) is 0 Å². The second kappa shape index (κ2) is 4.22. The molecule has 1 aliphatic heterocycles. The lowest BCUT2D eigenvalue weighted by Gasteiger charge is -2.21. The van der Waals surface area contributed by atoms with E-state index < -0.39 is 11.5 Å². The van der Waals surface area contributed by atoms with E-state index in [0.717, 1.165) is 16.8 Å². The number of nitrogens with zero attached hydrogens (tertiary/aromatic N) is 1. The number of para-hydroxylation sites is 1. The SMILES string of the molecule is COC(=O)C(C)(N)CC1=C[N]c2ccccc21. The number of methoxy groups -OCH3 is 1. The first-order valence-electron chi connectivity index (χ1n) is 5.41. The summed E-state index contributed by atoms with van der Waals surface area (Å²) in [6, 6.07) is 7.79. The molecule has 89 valence electrons. The summed E-state index contributed by atoms with van der Waals surface area (Å²) in [5.74, 6) is -0.414. The summed E-state index contributed by atoms with van der Waals surface area (Å²) in [6.45, 7) is 1.67. The van der Waals surface area contributed by atoms with Gasteiger partial charge in [0.05, 0.1) is 12.8 Å². The van der Waals surface area contributed by atoms with Gasteiger partial charge in [0, 0.05) is 18.2 Å². The molecule has 1 unspecified atom stereocenters. The van der Waals surface area contributed by atoms with Crippen molar-refractivity contribution in [3.8, 4) is 0 Å². The molecule has 1 atom stereocenters. The smallest absolute Gasteiger partial charge is 0.325 e. The van der Waals surface area contributed by atoms with Gasteiger partial charge in [0.1, 0.15) is 5.54 Å². The summed E-state index contributed by atoms with van der Waals surface area (Å²) >= 11 is 0. The minimum Gasteiger partial charge on any atom is -0.468 e. The topological polar surface area (TPSA) is 66.4 Å². The van der Waals surface area contributed by atoms with Gasteiger partial charge in [-0.2, -0.15) is 0 Å². The molecule has 0 saturated carbocycles. The number of benzene rings is 1. The monoisotopic (exact) mass is 231 g/mol. The van der Waals surface area contributed by atoms with Gasteiger partial charge in [-0.25, -0.2) is 0 Å². The van der Waals surface area contributed by atoms with Crippen molar-refractivity contribution in [2.75, 3.05) is 7.11 Å². The molecule has 0 amide bonds. The number of esters is 1. The van der Waals surface area contributed by atoms with Gasteiger partial charge in [-0.1, -0.05) is 18.2 Å². The largest absolute Gasteiger partial charge is 0.468 e. The number of fused-ring (bicyclic) bond motifs is 1. The van der Waals surface area contributed by atoms with Crippen molar-refractivity contribution in [3.63, 3.8) is 0 Å². The van der Waals surface area contributed by atoms with Gasteiger partial charge in [-0.15, -0.1) is 0 Å². The highest BCUT2D eigenvalue weighted by Crippen LogP contribution is 2.34. The van der Waals surface area contributed by atoms with Gasteiger partial charge in [-0.05, 0) is 18.6 Å². The van der Waals surface area contributed by atoms with E-state index in [1.54, 1.807) is 13.1 Å². The quantitative estimate of drug-likeness (QED) is 0.803. The molecule has 1 aromatic carbocycles. The lowest BCUT2D eigenvalue weighted by molar-refractivity contribution is -0.146. The summed E-state index contributed by atoms with van der Waals surface area (Å²) in [5, 5.41) is 4.28. The third-order valence-corrected chi connectivity index (χ3v) is 2.82. The van der Waals surface area contributed by atoms with Crippen molar-refractivity contribution < 1.29 is 9.53 Å². The van der Waals surface area contributed by atoms with Crippen molar-refractivity contribution in [3.05, 3.63) is 36.0 Å². The van der Waals surface area contributed by atoms with Gasteiger partial charge in [0.2, 0.25) is 0 Å². The number of ether oxygens (including phenoxy) is 1. The molecule has 1 radical (unpaired) electrons. The lowest BCUT2D eigenvalue weighted by atomic mass is 9.91. The van der Waals surface area contributed by atoms with Crippen LogP contribution in [0, 0.1) is 0 Å². The average molecular weight is 231 g/mol. The Kier molecular flexibility index (Phi) is 2.90. The first-order chi connectivity index (χ1) is 8.04. The highest BCUT2D eigenvalue weighted by Gasteiger charge is 2.32. The van der Waals surface area contributed by atoms with Crippen molar-refractivity contribution >= 4 is 17.2 Å². The normalized spacial score (nSPS) is 16.5. The summed E-state index contributed by atoms with van der Waals surface area (Å²) in [7, 11) is 1.34. The Morgan fingerprint density at radius 3 is 2.88 bits per heavy atom. The van der Waals surface area contributed by atoms with Gasteiger partial charge >= 0.3 is 5.97 Å². The van der Waals surface area contributed by atoms with E-state index in [-0.39, 0.29) is 0 Å². The first-order valence-corrected chi connectivity index (χ1v) is 5.41. The molecule has 0 spiro atoms. The maximum Gasteiger partial charge on any atom is 0.325 e. The van der Waals surface area contributed by atoms with Crippen LogP contribution >= 0.6 is 0 Å². The Hall–Kier alpha value is -1.81. The van der Waals surface area contributed by atoms with Crippen molar-refractivity contribution in [2.24, 2.45) is 5.73 Å². The maximum atomic E-state index is 11.5. The standard InChI is InChI=1S/C13H15N2O2/c1-13(14,12(16)17-2)7-9-8-15-11-6-4-3-5-10(9)11/h3-6,8H,7,14H2,1-2H3. The van der Waals surface area contributed by atoms with Crippen LogP contribution in [0.2, 0.25) is 0 Å².